The van der Waals surface area contributed by atoms with Gasteiger partial charge in [-0.25, -0.2) is 0 Å². The molecule has 3 N–H and O–H groups in total. The van der Waals surface area contributed by atoms with Crippen LogP contribution in [0.15, 0.2) is 18.2 Å². The second-order valence-electron chi connectivity index (χ2n) is 7.84. The molecule has 1 aromatic carbocycles. The van der Waals surface area contributed by atoms with Crippen LogP contribution in [0, 0.1) is 5.92 Å². The van der Waals surface area contributed by atoms with Crippen molar-refractivity contribution >= 4 is 5.91 Å². The number of tetrazole rings is 1. The lowest BCUT2D eigenvalue weighted by Gasteiger charge is -2.31. The highest BCUT2D eigenvalue weighted by atomic mass is 16.5. The maximum Gasteiger partial charge on any atom is 0.221 e. The maximum atomic E-state index is 11.6. The molecular weight excluding hydrogens is 384 g/mol. The van der Waals surface area contributed by atoms with Gasteiger partial charge in [0.2, 0.25) is 5.91 Å². The quantitative estimate of drug-likeness (QED) is 0.503. The third kappa shape index (κ3) is 7.07. The molecule has 0 spiro atoms. The topological polar surface area (TPSA) is 119 Å². The van der Waals surface area contributed by atoms with Crippen molar-refractivity contribution in [2.75, 3.05) is 33.4 Å². The predicted octanol–water partition coefficient (Wildman–Crippen LogP) is 1.49. The molecule has 2 heterocycles. The number of primary amides is 1. The van der Waals surface area contributed by atoms with Gasteiger partial charge in [0.15, 0.2) is 5.82 Å². The van der Waals surface area contributed by atoms with Crippen molar-refractivity contribution in [3.05, 3.63) is 35.2 Å². The molecule has 0 aliphatic carbocycles. The second kappa shape index (κ2) is 11.6. The number of aromatic amines is 1. The molecule has 1 unspecified atom stereocenters. The van der Waals surface area contributed by atoms with Gasteiger partial charge in [0, 0.05) is 33.2 Å². The molecule has 1 aliphatic rings. The number of carbonyl (C=O) groups excluding carboxylic acids is 1. The van der Waals surface area contributed by atoms with Crippen LogP contribution < -0.4 is 10.5 Å². The Morgan fingerprint density at radius 2 is 2.07 bits per heavy atom. The van der Waals surface area contributed by atoms with Crippen LogP contribution in [0.5, 0.6) is 5.75 Å². The number of aryl methyl sites for hydroxylation is 2. The summed E-state index contributed by atoms with van der Waals surface area (Å²) in [6.45, 7) is 3.82. The number of rotatable bonds is 12. The van der Waals surface area contributed by atoms with Gasteiger partial charge in [-0.05, 0) is 61.9 Å². The van der Waals surface area contributed by atoms with E-state index in [0.717, 1.165) is 70.5 Å². The fourth-order valence-corrected chi connectivity index (χ4v) is 3.87. The van der Waals surface area contributed by atoms with Crippen molar-refractivity contribution in [3.8, 4) is 5.75 Å². The van der Waals surface area contributed by atoms with E-state index in [1.54, 1.807) is 7.11 Å². The van der Waals surface area contributed by atoms with Crippen LogP contribution >= 0.6 is 0 Å². The Hall–Kier alpha value is -2.52. The smallest absolute Gasteiger partial charge is 0.221 e. The first kappa shape index (κ1) is 22.2. The molecule has 0 saturated carbocycles. The number of ether oxygens (including phenoxy) is 2. The Kier molecular flexibility index (Phi) is 8.58. The van der Waals surface area contributed by atoms with E-state index in [2.05, 4.69) is 43.7 Å². The molecule has 3 rings (SSSR count). The number of nitrogens with zero attached hydrogens (tertiary/aromatic N) is 4. The number of aromatic nitrogens is 4. The average molecular weight is 417 g/mol. The minimum absolute atomic E-state index is 0.0514. The Balaban J connectivity index is 1.60. The number of piperidine rings is 1. The third-order valence-electron chi connectivity index (χ3n) is 5.36. The summed E-state index contributed by atoms with van der Waals surface area (Å²) in [7, 11) is 1.72. The first-order chi connectivity index (χ1) is 14.6. The molecule has 0 radical (unpaired) electrons. The predicted molar refractivity (Wildman–Crippen MR) is 112 cm³/mol. The summed E-state index contributed by atoms with van der Waals surface area (Å²) >= 11 is 0. The molecule has 1 aliphatic heterocycles. The zero-order valence-corrected chi connectivity index (χ0v) is 17.7. The van der Waals surface area contributed by atoms with E-state index in [1.165, 1.54) is 11.1 Å². The number of carbonyl (C=O) groups is 1. The van der Waals surface area contributed by atoms with Gasteiger partial charge in [-0.2, -0.15) is 5.21 Å². The molecule has 164 valence electrons. The van der Waals surface area contributed by atoms with E-state index in [4.69, 9.17) is 15.2 Å². The van der Waals surface area contributed by atoms with E-state index in [9.17, 15) is 4.79 Å². The number of methoxy groups -OCH3 is 1. The summed E-state index contributed by atoms with van der Waals surface area (Å²) in [6.07, 6.45) is 5.32. The van der Waals surface area contributed by atoms with Gasteiger partial charge in [-0.1, -0.05) is 11.3 Å². The summed E-state index contributed by atoms with van der Waals surface area (Å²) < 4.78 is 11.2. The Bertz CT molecular complexity index is 783. The van der Waals surface area contributed by atoms with E-state index in [0.29, 0.717) is 12.4 Å². The molecule has 1 aromatic heterocycles. The minimum Gasteiger partial charge on any atom is -0.494 e. The average Bonchev–Trinajstić information content (AvgIpc) is 3.25. The monoisotopic (exact) mass is 416 g/mol. The Morgan fingerprint density at radius 1 is 1.23 bits per heavy atom. The van der Waals surface area contributed by atoms with Gasteiger partial charge >= 0.3 is 0 Å². The van der Waals surface area contributed by atoms with Gasteiger partial charge in [-0.3, -0.25) is 9.69 Å². The molecule has 1 amide bonds. The molecule has 0 bridgehead atoms. The van der Waals surface area contributed by atoms with Crippen LogP contribution in [0.25, 0.3) is 0 Å². The van der Waals surface area contributed by atoms with E-state index in [-0.39, 0.29) is 11.8 Å². The van der Waals surface area contributed by atoms with Crippen LogP contribution in [0.2, 0.25) is 0 Å². The number of benzene rings is 1. The molecule has 2 aromatic rings. The highest BCUT2D eigenvalue weighted by Crippen LogP contribution is 2.23. The zero-order valence-electron chi connectivity index (χ0n) is 17.7. The number of amides is 1. The summed E-state index contributed by atoms with van der Waals surface area (Å²) in [5, 5.41) is 14.0. The highest BCUT2D eigenvalue weighted by molar-refractivity contribution is 5.76. The largest absolute Gasteiger partial charge is 0.494 e. The molecule has 1 atom stereocenters. The summed E-state index contributed by atoms with van der Waals surface area (Å²) in [6, 6.07) is 6.44. The molecule has 9 heteroatoms. The summed E-state index contributed by atoms with van der Waals surface area (Å²) in [5.74, 6) is 1.32. The van der Waals surface area contributed by atoms with Gasteiger partial charge in [0.25, 0.3) is 0 Å². The number of hydrogen-bond donors (Lipinski definition) is 2. The molecule has 9 nitrogen and oxygen atoms in total. The minimum atomic E-state index is -0.196. The number of nitrogens with one attached hydrogen (secondary N) is 1. The van der Waals surface area contributed by atoms with Crippen molar-refractivity contribution in [1.82, 2.24) is 25.5 Å². The highest BCUT2D eigenvalue weighted by Gasteiger charge is 2.24. The van der Waals surface area contributed by atoms with Crippen LogP contribution in [-0.4, -0.2) is 64.8 Å². The van der Waals surface area contributed by atoms with Crippen molar-refractivity contribution in [2.45, 2.75) is 45.1 Å². The summed E-state index contributed by atoms with van der Waals surface area (Å²) in [4.78, 5) is 13.9. The molecular formula is C21H32N6O3. The fraction of sp³-hybridized carbons (Fsp3) is 0.619. The Labute approximate surface area is 177 Å². The van der Waals surface area contributed by atoms with Crippen molar-refractivity contribution in [1.29, 1.82) is 0 Å². The Morgan fingerprint density at radius 3 is 2.83 bits per heavy atom. The fourth-order valence-electron chi connectivity index (χ4n) is 3.87. The second-order valence-corrected chi connectivity index (χ2v) is 7.84. The first-order valence-corrected chi connectivity index (χ1v) is 10.6. The van der Waals surface area contributed by atoms with Crippen LogP contribution in [0.1, 0.15) is 42.6 Å². The lowest BCUT2D eigenvalue weighted by atomic mass is 9.96. The van der Waals surface area contributed by atoms with E-state index < -0.39 is 0 Å². The third-order valence-corrected chi connectivity index (χ3v) is 5.36. The molecule has 1 fully saturated rings. The van der Waals surface area contributed by atoms with Gasteiger partial charge in [0.1, 0.15) is 5.75 Å². The summed E-state index contributed by atoms with van der Waals surface area (Å²) in [5.41, 5.74) is 7.96. The lowest BCUT2D eigenvalue weighted by molar-refractivity contribution is -0.123. The van der Waals surface area contributed by atoms with Crippen LogP contribution in [0.3, 0.4) is 0 Å². The van der Waals surface area contributed by atoms with E-state index >= 15 is 0 Å². The number of likely N-dealkylation sites (tertiary alicyclic amines) is 1. The lowest BCUT2D eigenvalue weighted by Crippen LogP contribution is -2.40. The van der Waals surface area contributed by atoms with Crippen molar-refractivity contribution < 1.29 is 14.3 Å². The maximum absolute atomic E-state index is 11.6. The van der Waals surface area contributed by atoms with Crippen molar-refractivity contribution in [2.24, 2.45) is 11.7 Å². The number of nitrogens with two attached hydrogens (primary N) is 1. The first-order valence-electron chi connectivity index (χ1n) is 10.6. The molecule has 30 heavy (non-hydrogen) atoms. The van der Waals surface area contributed by atoms with Gasteiger partial charge < -0.3 is 15.2 Å². The van der Waals surface area contributed by atoms with Crippen LogP contribution in [-0.2, 0) is 28.9 Å². The number of H-pyrrole nitrogens is 1. The van der Waals surface area contributed by atoms with Gasteiger partial charge in [0.05, 0.1) is 12.5 Å². The zero-order chi connectivity index (χ0) is 21.2. The SMILES string of the molecule is COCCCc1cc(CN2CCCC(C(N)=O)C2)cc(OCCCc2nn[nH]n2)c1. The van der Waals surface area contributed by atoms with Gasteiger partial charge in [-0.15, -0.1) is 10.2 Å². The van der Waals surface area contributed by atoms with Crippen LogP contribution in [0.4, 0.5) is 0 Å². The molecule has 1 saturated heterocycles. The normalized spacial score (nSPS) is 17.2. The van der Waals surface area contributed by atoms with Crippen molar-refractivity contribution in [3.63, 3.8) is 0 Å². The van der Waals surface area contributed by atoms with E-state index in [1.807, 2.05) is 0 Å². The standard InChI is InChI=1S/C21H32N6O3/c1-29-9-3-5-16-11-17(14-27-8-2-6-18(15-27)21(22)28)13-19(12-16)30-10-4-7-20-23-25-26-24-20/h11-13,18H,2-10,14-15H2,1H3,(H2,22,28)(H,23,24,25,26). The number of hydrogen-bond acceptors (Lipinski definition) is 7.